The maximum absolute atomic E-state index is 12.5. The zero-order valence-electron chi connectivity index (χ0n) is 11.1. The lowest BCUT2D eigenvalue weighted by Crippen LogP contribution is -2.47. The highest BCUT2D eigenvalue weighted by Crippen LogP contribution is 2.33. The molecule has 0 aromatic carbocycles. The number of rotatable bonds is 4. The summed E-state index contributed by atoms with van der Waals surface area (Å²) in [5.41, 5.74) is 0. The van der Waals surface area contributed by atoms with Gasteiger partial charge in [-0.3, -0.25) is 4.79 Å². The summed E-state index contributed by atoms with van der Waals surface area (Å²) >= 11 is 0. The van der Waals surface area contributed by atoms with E-state index in [2.05, 4.69) is 0 Å². The summed E-state index contributed by atoms with van der Waals surface area (Å²) in [5, 5.41) is 9.14. The fraction of sp³-hybridized carbons (Fsp3) is 0.857. The molecule has 2 saturated carbocycles. The van der Waals surface area contributed by atoms with Crippen LogP contribution >= 0.6 is 0 Å². The highest BCUT2D eigenvalue weighted by Gasteiger charge is 2.40. The summed E-state index contributed by atoms with van der Waals surface area (Å²) in [6.07, 6.45) is 8.45. The quantitative estimate of drug-likeness (QED) is 0.783. The van der Waals surface area contributed by atoms with Crippen molar-refractivity contribution in [2.24, 2.45) is 5.92 Å². The predicted octanol–water partition coefficient (Wildman–Crippen LogP) is 2.42. The van der Waals surface area contributed by atoms with Crippen molar-refractivity contribution in [3.8, 4) is 0 Å². The third kappa shape index (κ3) is 3.03. The molecule has 0 heterocycles. The monoisotopic (exact) mass is 253 g/mol. The lowest BCUT2D eigenvalue weighted by molar-refractivity contribution is -0.152. The van der Waals surface area contributed by atoms with Crippen LogP contribution in [0.5, 0.6) is 0 Å². The smallest absolute Gasteiger partial charge is 0.326 e. The van der Waals surface area contributed by atoms with E-state index in [0.29, 0.717) is 0 Å². The summed E-state index contributed by atoms with van der Waals surface area (Å²) in [6.45, 7) is 1.63. The molecule has 1 amide bonds. The van der Waals surface area contributed by atoms with Crippen molar-refractivity contribution in [1.29, 1.82) is 0 Å². The molecule has 2 aliphatic rings. The van der Waals surface area contributed by atoms with Gasteiger partial charge in [0.05, 0.1) is 0 Å². The van der Waals surface area contributed by atoms with Gasteiger partial charge in [0.15, 0.2) is 0 Å². The van der Waals surface area contributed by atoms with Crippen molar-refractivity contribution in [1.82, 2.24) is 4.90 Å². The first-order valence-corrected chi connectivity index (χ1v) is 7.16. The van der Waals surface area contributed by atoms with Crippen LogP contribution in [-0.2, 0) is 9.59 Å². The van der Waals surface area contributed by atoms with Crippen molar-refractivity contribution in [3.05, 3.63) is 0 Å². The molecule has 1 N–H and O–H groups in total. The molecule has 2 aliphatic carbocycles. The van der Waals surface area contributed by atoms with Crippen LogP contribution in [0, 0.1) is 5.92 Å². The average Bonchev–Trinajstić information content (AvgIpc) is 3.15. The van der Waals surface area contributed by atoms with Crippen LogP contribution in [0.3, 0.4) is 0 Å². The van der Waals surface area contributed by atoms with Gasteiger partial charge in [0.1, 0.15) is 6.04 Å². The number of hydrogen-bond acceptors (Lipinski definition) is 2. The highest BCUT2D eigenvalue weighted by atomic mass is 16.4. The molecule has 102 valence electrons. The second-order valence-electron chi connectivity index (χ2n) is 5.68. The minimum Gasteiger partial charge on any atom is -0.480 e. The number of aliphatic carboxylic acids is 1. The number of nitrogens with zero attached hydrogens (tertiary/aromatic N) is 1. The van der Waals surface area contributed by atoms with E-state index in [1.807, 2.05) is 0 Å². The number of carboxylic acid groups (broad SMARTS) is 1. The third-order valence-electron chi connectivity index (χ3n) is 4.17. The van der Waals surface area contributed by atoms with Crippen molar-refractivity contribution in [3.63, 3.8) is 0 Å². The van der Waals surface area contributed by atoms with Gasteiger partial charge >= 0.3 is 5.97 Å². The van der Waals surface area contributed by atoms with Gasteiger partial charge in [-0.05, 0) is 32.6 Å². The fourth-order valence-corrected chi connectivity index (χ4v) is 2.90. The minimum atomic E-state index is -0.885. The fourth-order valence-electron chi connectivity index (χ4n) is 2.90. The molecule has 2 fully saturated rings. The van der Waals surface area contributed by atoms with Gasteiger partial charge in [0, 0.05) is 12.0 Å². The van der Waals surface area contributed by atoms with E-state index in [4.69, 9.17) is 5.11 Å². The van der Waals surface area contributed by atoms with E-state index in [0.717, 1.165) is 38.5 Å². The van der Waals surface area contributed by atoms with E-state index < -0.39 is 12.0 Å². The van der Waals surface area contributed by atoms with Crippen LogP contribution in [0.4, 0.5) is 0 Å². The maximum Gasteiger partial charge on any atom is 0.326 e. The summed E-state index contributed by atoms with van der Waals surface area (Å²) in [7, 11) is 0. The van der Waals surface area contributed by atoms with Crippen molar-refractivity contribution in [2.75, 3.05) is 0 Å². The molecule has 0 aromatic rings. The molecule has 0 radical (unpaired) electrons. The second kappa shape index (κ2) is 5.72. The number of carbonyl (C=O) groups excluding carboxylic acids is 1. The van der Waals surface area contributed by atoms with E-state index >= 15 is 0 Å². The summed E-state index contributed by atoms with van der Waals surface area (Å²) < 4.78 is 0. The lowest BCUT2D eigenvalue weighted by atomic mass is 9.98. The Bertz CT molecular complexity index is 317. The molecule has 0 saturated heterocycles. The summed E-state index contributed by atoms with van der Waals surface area (Å²) in [6, 6.07) is -0.486. The standard InChI is InChI=1S/C14H23NO3/c1-10(14(17)18)15(12-8-9-12)13(16)11-6-4-2-3-5-7-11/h10-12H,2-9H2,1H3,(H,17,18). The SMILES string of the molecule is CC(C(=O)O)N(C(=O)C1CCCCCC1)C1CC1. The Labute approximate surface area is 108 Å². The van der Waals surface area contributed by atoms with Crippen LogP contribution < -0.4 is 0 Å². The lowest BCUT2D eigenvalue weighted by Gasteiger charge is -2.30. The van der Waals surface area contributed by atoms with Crippen molar-refractivity contribution < 1.29 is 14.7 Å². The Morgan fingerprint density at radius 3 is 2.06 bits per heavy atom. The Kier molecular flexibility index (Phi) is 4.25. The Balaban J connectivity index is 2.04. The molecule has 0 bridgehead atoms. The van der Waals surface area contributed by atoms with Gasteiger partial charge in [-0.1, -0.05) is 25.7 Å². The number of carbonyl (C=O) groups is 2. The molecule has 2 rings (SSSR count). The van der Waals surface area contributed by atoms with Crippen molar-refractivity contribution in [2.45, 2.75) is 70.4 Å². The number of hydrogen-bond donors (Lipinski definition) is 1. The largest absolute Gasteiger partial charge is 0.480 e. The van der Waals surface area contributed by atoms with Gasteiger partial charge in [0.2, 0.25) is 5.91 Å². The molecule has 4 nitrogen and oxygen atoms in total. The Morgan fingerprint density at radius 2 is 1.61 bits per heavy atom. The molecule has 4 heteroatoms. The zero-order chi connectivity index (χ0) is 13.1. The van der Waals surface area contributed by atoms with E-state index in [1.54, 1.807) is 11.8 Å². The molecule has 0 aliphatic heterocycles. The first-order chi connectivity index (χ1) is 8.61. The average molecular weight is 253 g/mol. The number of amides is 1. The summed E-state index contributed by atoms with van der Waals surface area (Å²) in [5.74, 6) is -0.729. The van der Waals surface area contributed by atoms with Gasteiger partial charge in [-0.2, -0.15) is 0 Å². The van der Waals surface area contributed by atoms with Gasteiger partial charge in [-0.25, -0.2) is 4.79 Å². The van der Waals surface area contributed by atoms with Crippen LogP contribution in [0.1, 0.15) is 58.3 Å². The van der Waals surface area contributed by atoms with Gasteiger partial charge in [0.25, 0.3) is 0 Å². The molecule has 1 unspecified atom stereocenters. The van der Waals surface area contributed by atoms with Crippen LogP contribution in [0.25, 0.3) is 0 Å². The van der Waals surface area contributed by atoms with Crippen LogP contribution in [0.15, 0.2) is 0 Å². The van der Waals surface area contributed by atoms with E-state index in [9.17, 15) is 9.59 Å². The highest BCUT2D eigenvalue weighted by molar-refractivity contribution is 5.85. The first-order valence-electron chi connectivity index (χ1n) is 7.16. The molecular formula is C14H23NO3. The van der Waals surface area contributed by atoms with Gasteiger partial charge < -0.3 is 10.0 Å². The first kappa shape index (κ1) is 13.4. The van der Waals surface area contributed by atoms with Crippen LogP contribution in [-0.4, -0.2) is 34.0 Å². The third-order valence-corrected chi connectivity index (χ3v) is 4.17. The van der Waals surface area contributed by atoms with Crippen LogP contribution in [0.2, 0.25) is 0 Å². The van der Waals surface area contributed by atoms with Crippen molar-refractivity contribution >= 4 is 11.9 Å². The topological polar surface area (TPSA) is 57.6 Å². The van der Waals surface area contributed by atoms with E-state index in [-0.39, 0.29) is 17.9 Å². The van der Waals surface area contributed by atoms with E-state index in [1.165, 1.54) is 12.8 Å². The normalized spacial score (nSPS) is 23.2. The number of carboxylic acids is 1. The Morgan fingerprint density at radius 1 is 1.06 bits per heavy atom. The molecule has 0 aromatic heterocycles. The summed E-state index contributed by atoms with van der Waals surface area (Å²) in [4.78, 5) is 25.3. The predicted molar refractivity (Wildman–Crippen MR) is 68.2 cm³/mol. The molecule has 1 atom stereocenters. The maximum atomic E-state index is 12.5. The zero-order valence-corrected chi connectivity index (χ0v) is 11.1. The molecular weight excluding hydrogens is 230 g/mol. The Hall–Kier alpha value is -1.06. The minimum absolute atomic E-state index is 0.0647. The van der Waals surface area contributed by atoms with Gasteiger partial charge in [-0.15, -0.1) is 0 Å². The molecule has 0 spiro atoms. The molecule has 18 heavy (non-hydrogen) atoms. The second-order valence-corrected chi connectivity index (χ2v) is 5.68.